The standard InChI is InChI=1S/C11H17BN2O6S/c1-12(15)13-10(8-20-21(2,18)19)7-9-3-5-11(6-4-9)14(16)17/h3-6,10,13,15H,7-8H2,1-2H3/t10-/m0/s1. The molecule has 0 unspecified atom stereocenters. The molecule has 0 aliphatic rings. The monoisotopic (exact) mass is 316 g/mol. The van der Waals surface area contributed by atoms with Crippen LogP contribution in [0.4, 0.5) is 5.69 Å². The Bertz CT molecular complexity index is 575. The van der Waals surface area contributed by atoms with Gasteiger partial charge in [-0.2, -0.15) is 8.42 Å². The summed E-state index contributed by atoms with van der Waals surface area (Å²) >= 11 is 0. The van der Waals surface area contributed by atoms with E-state index in [9.17, 15) is 23.6 Å². The Kier molecular flexibility index (Phi) is 6.28. The predicted molar refractivity (Wildman–Crippen MR) is 78.4 cm³/mol. The molecule has 116 valence electrons. The molecule has 0 aliphatic heterocycles. The van der Waals surface area contributed by atoms with Crippen LogP contribution in [-0.4, -0.2) is 44.3 Å². The molecule has 0 bridgehead atoms. The second-order valence-corrected chi connectivity index (χ2v) is 6.30. The molecule has 10 heteroatoms. The molecule has 1 aromatic carbocycles. The van der Waals surface area contributed by atoms with E-state index in [0.29, 0.717) is 6.42 Å². The first-order valence-corrected chi connectivity index (χ1v) is 8.01. The van der Waals surface area contributed by atoms with Gasteiger partial charge in [-0.1, -0.05) is 12.1 Å². The summed E-state index contributed by atoms with van der Waals surface area (Å²) in [6.45, 7) is 1.37. The first-order chi connectivity index (χ1) is 9.67. The van der Waals surface area contributed by atoms with E-state index in [0.717, 1.165) is 11.8 Å². The van der Waals surface area contributed by atoms with Crippen LogP contribution in [0, 0.1) is 10.1 Å². The lowest BCUT2D eigenvalue weighted by Gasteiger charge is -2.18. The normalized spacial score (nSPS) is 12.9. The molecule has 1 rings (SSSR count). The van der Waals surface area contributed by atoms with E-state index >= 15 is 0 Å². The van der Waals surface area contributed by atoms with Crippen molar-refractivity contribution in [1.29, 1.82) is 0 Å². The van der Waals surface area contributed by atoms with Crippen LogP contribution in [0.1, 0.15) is 5.56 Å². The molecule has 0 radical (unpaired) electrons. The second kappa shape index (κ2) is 7.50. The predicted octanol–water partition coefficient (Wildman–Crippen LogP) is 0.182. The molecule has 0 saturated heterocycles. The van der Waals surface area contributed by atoms with Crippen LogP contribution in [0.25, 0.3) is 0 Å². The van der Waals surface area contributed by atoms with Gasteiger partial charge in [0.1, 0.15) is 0 Å². The van der Waals surface area contributed by atoms with Gasteiger partial charge >= 0.3 is 7.05 Å². The summed E-state index contributed by atoms with van der Waals surface area (Å²) in [6, 6.07) is 5.45. The lowest BCUT2D eigenvalue weighted by Crippen LogP contribution is -2.44. The summed E-state index contributed by atoms with van der Waals surface area (Å²) in [5.74, 6) is 0. The maximum Gasteiger partial charge on any atom is 0.373 e. The Hall–Kier alpha value is -1.49. The third-order valence-corrected chi connectivity index (χ3v) is 3.15. The van der Waals surface area contributed by atoms with E-state index in [1.807, 2.05) is 0 Å². The van der Waals surface area contributed by atoms with Crippen LogP contribution in [0.15, 0.2) is 24.3 Å². The van der Waals surface area contributed by atoms with Gasteiger partial charge < -0.3 is 10.3 Å². The molecule has 0 spiro atoms. The Morgan fingerprint density at radius 3 is 2.43 bits per heavy atom. The second-order valence-electron chi connectivity index (χ2n) is 4.66. The lowest BCUT2D eigenvalue weighted by atomic mass is 9.86. The smallest absolute Gasteiger partial charge is 0.373 e. The van der Waals surface area contributed by atoms with Crippen molar-refractivity contribution < 1.29 is 22.5 Å². The quantitative estimate of drug-likeness (QED) is 0.304. The minimum Gasteiger partial charge on any atom is -0.437 e. The van der Waals surface area contributed by atoms with Crippen molar-refractivity contribution in [2.75, 3.05) is 12.9 Å². The number of hydrogen-bond acceptors (Lipinski definition) is 7. The highest BCUT2D eigenvalue weighted by atomic mass is 32.2. The van der Waals surface area contributed by atoms with Gasteiger partial charge in [-0.15, -0.1) is 0 Å². The van der Waals surface area contributed by atoms with Crippen molar-refractivity contribution in [3.05, 3.63) is 39.9 Å². The average molecular weight is 316 g/mol. The molecule has 1 atom stereocenters. The zero-order chi connectivity index (χ0) is 16.0. The Labute approximate surface area is 123 Å². The van der Waals surface area contributed by atoms with E-state index < -0.39 is 28.1 Å². The van der Waals surface area contributed by atoms with Gasteiger partial charge in [-0.3, -0.25) is 14.3 Å². The highest BCUT2D eigenvalue weighted by Crippen LogP contribution is 2.13. The average Bonchev–Trinajstić information content (AvgIpc) is 2.35. The van der Waals surface area contributed by atoms with Crippen molar-refractivity contribution in [3.8, 4) is 0 Å². The van der Waals surface area contributed by atoms with Crippen LogP contribution in [-0.2, 0) is 20.7 Å². The minimum atomic E-state index is -3.58. The number of nitrogens with one attached hydrogen (secondary N) is 1. The fourth-order valence-corrected chi connectivity index (χ4v) is 2.16. The van der Waals surface area contributed by atoms with Gasteiger partial charge in [-0.05, 0) is 18.8 Å². The first-order valence-electron chi connectivity index (χ1n) is 6.19. The van der Waals surface area contributed by atoms with E-state index in [1.165, 1.54) is 19.0 Å². The van der Waals surface area contributed by atoms with Gasteiger partial charge in [0.15, 0.2) is 0 Å². The summed E-state index contributed by atoms with van der Waals surface area (Å²) in [5.41, 5.74) is 0.738. The van der Waals surface area contributed by atoms with E-state index in [4.69, 9.17) is 4.18 Å². The third-order valence-electron chi connectivity index (χ3n) is 2.59. The van der Waals surface area contributed by atoms with Crippen LogP contribution in [0.3, 0.4) is 0 Å². The van der Waals surface area contributed by atoms with Crippen LogP contribution in [0.2, 0.25) is 6.82 Å². The third kappa shape index (κ3) is 7.18. The zero-order valence-corrected chi connectivity index (χ0v) is 12.5. The number of nitrogens with zero attached hydrogens (tertiary/aromatic N) is 1. The first kappa shape index (κ1) is 17.6. The molecule has 8 nitrogen and oxygen atoms in total. The van der Waals surface area contributed by atoms with Crippen LogP contribution >= 0.6 is 0 Å². The topological polar surface area (TPSA) is 119 Å². The number of benzene rings is 1. The Morgan fingerprint density at radius 2 is 2.00 bits per heavy atom. The molecule has 2 N–H and O–H groups in total. The van der Waals surface area contributed by atoms with Gasteiger partial charge in [-0.25, -0.2) is 0 Å². The molecule has 0 fully saturated rings. The van der Waals surface area contributed by atoms with E-state index in [2.05, 4.69) is 5.23 Å². The van der Waals surface area contributed by atoms with Crippen LogP contribution in [0.5, 0.6) is 0 Å². The number of rotatable bonds is 8. The molecule has 0 aliphatic carbocycles. The van der Waals surface area contributed by atoms with Crippen molar-refractivity contribution in [2.24, 2.45) is 0 Å². The van der Waals surface area contributed by atoms with Gasteiger partial charge in [0.25, 0.3) is 15.8 Å². The summed E-state index contributed by atoms with van der Waals surface area (Å²) in [4.78, 5) is 10.1. The summed E-state index contributed by atoms with van der Waals surface area (Å²) in [6.07, 6.45) is 1.30. The number of non-ortho nitro benzene ring substituents is 1. The van der Waals surface area contributed by atoms with Crippen molar-refractivity contribution >= 4 is 22.9 Å². The molecule has 0 aromatic heterocycles. The highest BCUT2D eigenvalue weighted by molar-refractivity contribution is 7.85. The van der Waals surface area contributed by atoms with Crippen molar-refractivity contribution in [3.63, 3.8) is 0 Å². The Balaban J connectivity index is 2.73. The van der Waals surface area contributed by atoms with Crippen molar-refractivity contribution in [1.82, 2.24) is 5.23 Å². The molecular formula is C11H17BN2O6S. The number of nitro benzene ring substituents is 1. The molecular weight excluding hydrogens is 299 g/mol. The molecule has 21 heavy (non-hydrogen) atoms. The maximum absolute atomic E-state index is 11.0. The van der Waals surface area contributed by atoms with E-state index in [-0.39, 0.29) is 12.3 Å². The molecule has 0 amide bonds. The van der Waals surface area contributed by atoms with E-state index in [1.54, 1.807) is 12.1 Å². The number of nitro groups is 1. The molecule has 0 heterocycles. The fraction of sp³-hybridized carbons (Fsp3) is 0.455. The SMILES string of the molecule is CB(O)N[C@H](COS(C)(=O)=O)Cc1ccc([N+](=O)[O-])cc1. The van der Waals surface area contributed by atoms with Crippen molar-refractivity contribution in [2.45, 2.75) is 19.3 Å². The highest BCUT2D eigenvalue weighted by Gasteiger charge is 2.17. The minimum absolute atomic E-state index is 0.0221. The largest absolute Gasteiger partial charge is 0.437 e. The summed E-state index contributed by atoms with van der Waals surface area (Å²) in [7, 11) is -4.41. The van der Waals surface area contributed by atoms with Gasteiger partial charge in [0, 0.05) is 18.2 Å². The fourth-order valence-electron chi connectivity index (χ4n) is 1.75. The van der Waals surface area contributed by atoms with Crippen LogP contribution < -0.4 is 5.23 Å². The summed E-state index contributed by atoms with van der Waals surface area (Å²) in [5, 5.41) is 22.7. The molecule has 1 aromatic rings. The van der Waals surface area contributed by atoms with Gasteiger partial charge in [0.2, 0.25) is 0 Å². The lowest BCUT2D eigenvalue weighted by molar-refractivity contribution is -0.384. The maximum atomic E-state index is 11.0. The molecule has 0 saturated carbocycles. The van der Waals surface area contributed by atoms with Gasteiger partial charge in [0.05, 0.1) is 17.8 Å². The summed E-state index contributed by atoms with van der Waals surface area (Å²) < 4.78 is 26.7. The zero-order valence-electron chi connectivity index (χ0n) is 11.7. The number of hydrogen-bond donors (Lipinski definition) is 2. The Morgan fingerprint density at radius 1 is 1.43 bits per heavy atom.